The number of likely N-dealkylation sites (tertiary alicyclic amines) is 1. The summed E-state index contributed by atoms with van der Waals surface area (Å²) in [4.78, 5) is 33.5. The van der Waals surface area contributed by atoms with Crippen LogP contribution in [0.3, 0.4) is 0 Å². The lowest BCUT2D eigenvalue weighted by molar-refractivity contribution is -0.134. The van der Waals surface area contributed by atoms with Crippen molar-refractivity contribution in [3.8, 4) is 11.8 Å². The number of nitrogens with zero attached hydrogens (tertiary/aromatic N) is 6. The smallest absolute Gasteiger partial charge is 0.259 e. The second-order valence-corrected chi connectivity index (χ2v) is 8.83. The van der Waals surface area contributed by atoms with Gasteiger partial charge in [-0.3, -0.25) is 9.59 Å². The van der Waals surface area contributed by atoms with Gasteiger partial charge in [-0.15, -0.1) is 10.2 Å². The molecular formula is C23H32N6O4. The molecule has 10 nitrogen and oxygen atoms in total. The highest BCUT2D eigenvalue weighted by molar-refractivity contribution is 5.96. The number of piperidine rings is 1. The van der Waals surface area contributed by atoms with E-state index in [0.29, 0.717) is 50.6 Å². The summed E-state index contributed by atoms with van der Waals surface area (Å²) in [5, 5.41) is 8.93. The summed E-state index contributed by atoms with van der Waals surface area (Å²) in [6.45, 7) is 7.19. The van der Waals surface area contributed by atoms with Crippen LogP contribution in [0.1, 0.15) is 54.6 Å². The quantitative estimate of drug-likeness (QED) is 0.675. The topological polar surface area (TPSA) is 103 Å². The Morgan fingerprint density at radius 2 is 1.73 bits per heavy atom. The number of pyridine rings is 1. The van der Waals surface area contributed by atoms with Gasteiger partial charge in [0.2, 0.25) is 17.7 Å². The molecule has 2 aliphatic heterocycles. The molecule has 0 radical (unpaired) electrons. The number of fused-ring (bicyclic) bond motifs is 1. The van der Waals surface area contributed by atoms with Crippen LogP contribution in [0.2, 0.25) is 0 Å². The predicted molar refractivity (Wildman–Crippen MR) is 120 cm³/mol. The lowest BCUT2D eigenvalue weighted by atomic mass is 9.95. The van der Waals surface area contributed by atoms with Crippen molar-refractivity contribution in [3.05, 3.63) is 29.3 Å². The minimum atomic E-state index is -0.0941. The number of amides is 2. The summed E-state index contributed by atoms with van der Waals surface area (Å²) in [5.41, 5.74) is 0.433. The Bertz CT molecular complexity index is 1010. The average molecular weight is 457 g/mol. The Hall–Kier alpha value is -3.17. The van der Waals surface area contributed by atoms with E-state index in [2.05, 4.69) is 19.7 Å². The molecule has 0 bridgehead atoms. The molecule has 0 saturated carbocycles. The molecule has 0 aromatic carbocycles. The fourth-order valence-corrected chi connectivity index (χ4v) is 4.60. The van der Waals surface area contributed by atoms with Crippen molar-refractivity contribution in [3.63, 3.8) is 0 Å². The van der Waals surface area contributed by atoms with E-state index in [-0.39, 0.29) is 29.5 Å². The molecule has 2 aromatic rings. The molecule has 1 saturated heterocycles. The minimum Gasteiger partial charge on any atom is -0.481 e. The van der Waals surface area contributed by atoms with Gasteiger partial charge < -0.3 is 23.8 Å². The first-order chi connectivity index (χ1) is 15.9. The minimum absolute atomic E-state index is 0.00518. The second-order valence-electron chi connectivity index (χ2n) is 8.83. The monoisotopic (exact) mass is 456 g/mol. The van der Waals surface area contributed by atoms with Crippen molar-refractivity contribution in [2.75, 3.05) is 40.4 Å². The molecule has 4 rings (SSSR count). The normalized spacial score (nSPS) is 17.0. The fraction of sp³-hybridized carbons (Fsp3) is 0.609. The van der Waals surface area contributed by atoms with E-state index in [1.54, 1.807) is 12.1 Å². The van der Waals surface area contributed by atoms with E-state index >= 15 is 0 Å². The lowest BCUT2D eigenvalue weighted by Crippen LogP contribution is -2.39. The zero-order valence-corrected chi connectivity index (χ0v) is 19.8. The van der Waals surface area contributed by atoms with Crippen molar-refractivity contribution < 1.29 is 19.1 Å². The van der Waals surface area contributed by atoms with Crippen LogP contribution in [0.25, 0.3) is 0 Å². The van der Waals surface area contributed by atoms with Crippen LogP contribution >= 0.6 is 0 Å². The Labute approximate surface area is 193 Å². The maximum atomic E-state index is 13.1. The molecule has 0 aliphatic carbocycles. The highest BCUT2D eigenvalue weighted by Crippen LogP contribution is 2.30. The van der Waals surface area contributed by atoms with Crippen LogP contribution in [-0.2, 0) is 17.8 Å². The maximum absolute atomic E-state index is 13.1. The van der Waals surface area contributed by atoms with Gasteiger partial charge in [-0.1, -0.05) is 13.8 Å². The molecule has 2 amide bonds. The summed E-state index contributed by atoms with van der Waals surface area (Å²) in [6.07, 6.45) is 2.34. The molecule has 33 heavy (non-hydrogen) atoms. The number of hydrogen-bond acceptors (Lipinski definition) is 7. The van der Waals surface area contributed by atoms with Crippen molar-refractivity contribution >= 4 is 11.8 Å². The van der Waals surface area contributed by atoms with Gasteiger partial charge >= 0.3 is 0 Å². The van der Waals surface area contributed by atoms with Crippen LogP contribution in [0.15, 0.2) is 12.1 Å². The van der Waals surface area contributed by atoms with Gasteiger partial charge in [0.05, 0.1) is 14.2 Å². The summed E-state index contributed by atoms with van der Waals surface area (Å²) < 4.78 is 12.6. The molecule has 0 unspecified atom stereocenters. The van der Waals surface area contributed by atoms with Crippen molar-refractivity contribution in [2.24, 2.45) is 5.92 Å². The number of aromatic nitrogens is 4. The Balaban J connectivity index is 1.41. The summed E-state index contributed by atoms with van der Waals surface area (Å²) in [5.74, 6) is 2.91. The molecule has 10 heteroatoms. The average Bonchev–Trinajstić information content (AvgIpc) is 3.13. The van der Waals surface area contributed by atoms with Gasteiger partial charge in [0.15, 0.2) is 0 Å². The predicted octanol–water partition coefficient (Wildman–Crippen LogP) is 1.75. The van der Waals surface area contributed by atoms with Crippen LogP contribution in [-0.4, -0.2) is 81.8 Å². The molecule has 0 atom stereocenters. The molecule has 2 aromatic heterocycles. The van der Waals surface area contributed by atoms with E-state index < -0.39 is 0 Å². The second kappa shape index (κ2) is 9.76. The third-order valence-electron chi connectivity index (χ3n) is 6.48. The highest BCUT2D eigenvalue weighted by Gasteiger charge is 2.31. The Morgan fingerprint density at radius 1 is 0.970 bits per heavy atom. The van der Waals surface area contributed by atoms with E-state index in [0.717, 1.165) is 24.5 Å². The Kier molecular flexibility index (Phi) is 6.80. The molecular weight excluding hydrogens is 424 g/mol. The summed E-state index contributed by atoms with van der Waals surface area (Å²) >= 11 is 0. The van der Waals surface area contributed by atoms with Crippen molar-refractivity contribution in [1.29, 1.82) is 0 Å². The largest absolute Gasteiger partial charge is 0.481 e. The van der Waals surface area contributed by atoms with E-state index in [1.165, 1.54) is 14.2 Å². The molecule has 178 valence electrons. The standard InChI is InChI=1S/C23H32N6O4/c1-15(2)22(30)28-12-9-18-25-26-20(29(18)14-13-28)16-7-10-27(11-8-16)23(31)17-5-6-19(32-3)24-21(17)33-4/h5-6,15-16H,7-14H2,1-4H3. The van der Waals surface area contributed by atoms with Crippen LogP contribution in [0, 0.1) is 5.92 Å². The number of rotatable bonds is 5. The van der Waals surface area contributed by atoms with Gasteiger partial charge in [0.1, 0.15) is 17.2 Å². The molecule has 0 spiro atoms. The van der Waals surface area contributed by atoms with Crippen molar-refractivity contribution in [2.45, 2.75) is 45.6 Å². The van der Waals surface area contributed by atoms with Gasteiger partial charge in [-0.2, -0.15) is 4.98 Å². The number of carbonyl (C=O) groups is 2. The van der Waals surface area contributed by atoms with Crippen molar-refractivity contribution in [1.82, 2.24) is 29.5 Å². The number of methoxy groups -OCH3 is 2. The molecule has 4 heterocycles. The van der Waals surface area contributed by atoms with Gasteiger partial charge in [0, 0.05) is 57.0 Å². The van der Waals surface area contributed by atoms with Crippen LogP contribution in [0.4, 0.5) is 0 Å². The number of ether oxygens (including phenoxy) is 2. The SMILES string of the molecule is COc1ccc(C(=O)N2CCC(c3nnc4n3CCN(C(=O)C(C)C)CC4)CC2)c(OC)n1. The van der Waals surface area contributed by atoms with Crippen LogP contribution in [0.5, 0.6) is 11.8 Å². The van der Waals surface area contributed by atoms with E-state index in [4.69, 9.17) is 9.47 Å². The number of carbonyl (C=O) groups excluding carboxylic acids is 2. The van der Waals surface area contributed by atoms with Crippen LogP contribution < -0.4 is 9.47 Å². The summed E-state index contributed by atoms with van der Waals surface area (Å²) in [6, 6.07) is 3.36. The molecule has 1 fully saturated rings. The number of hydrogen-bond donors (Lipinski definition) is 0. The van der Waals surface area contributed by atoms with E-state index in [1.807, 2.05) is 23.6 Å². The highest BCUT2D eigenvalue weighted by atomic mass is 16.5. The molecule has 0 N–H and O–H groups in total. The third-order valence-corrected chi connectivity index (χ3v) is 6.48. The zero-order valence-electron chi connectivity index (χ0n) is 19.8. The Morgan fingerprint density at radius 3 is 2.39 bits per heavy atom. The first-order valence-corrected chi connectivity index (χ1v) is 11.5. The lowest BCUT2D eigenvalue weighted by Gasteiger charge is -2.32. The zero-order chi connectivity index (χ0) is 23.5. The maximum Gasteiger partial charge on any atom is 0.259 e. The van der Waals surface area contributed by atoms with Gasteiger partial charge in [0.25, 0.3) is 5.91 Å². The fourth-order valence-electron chi connectivity index (χ4n) is 4.60. The third kappa shape index (κ3) is 4.65. The summed E-state index contributed by atoms with van der Waals surface area (Å²) in [7, 11) is 3.02. The first-order valence-electron chi connectivity index (χ1n) is 11.5. The van der Waals surface area contributed by atoms with Gasteiger partial charge in [-0.25, -0.2) is 0 Å². The van der Waals surface area contributed by atoms with E-state index in [9.17, 15) is 9.59 Å². The first kappa shape index (κ1) is 23.0. The molecule has 2 aliphatic rings. The van der Waals surface area contributed by atoms with Gasteiger partial charge in [-0.05, 0) is 18.9 Å².